The van der Waals surface area contributed by atoms with Crippen molar-refractivity contribution in [3.63, 3.8) is 0 Å². The summed E-state index contributed by atoms with van der Waals surface area (Å²) < 4.78 is 11.9. The van der Waals surface area contributed by atoms with Gasteiger partial charge in [-0.15, -0.1) is 0 Å². The number of rotatable bonds is 3. The number of carbonyl (C=O) groups is 1. The van der Waals surface area contributed by atoms with E-state index in [1.54, 1.807) is 0 Å². The summed E-state index contributed by atoms with van der Waals surface area (Å²) in [6, 6.07) is 24.8. The van der Waals surface area contributed by atoms with Gasteiger partial charge in [-0.1, -0.05) is 95.3 Å². The summed E-state index contributed by atoms with van der Waals surface area (Å²) in [5, 5.41) is 0. The Labute approximate surface area is 196 Å². The fourth-order valence-electron chi connectivity index (χ4n) is 6.41. The van der Waals surface area contributed by atoms with Crippen molar-refractivity contribution in [2.45, 2.75) is 69.8 Å². The molecule has 5 rings (SSSR count). The number of benzene rings is 3. The van der Waals surface area contributed by atoms with Crippen LogP contribution >= 0.6 is 0 Å². The minimum absolute atomic E-state index is 0.0361. The number of fused-ring (bicyclic) bond motifs is 4. The normalized spacial score (nSPS) is 23.7. The number of aryl methyl sites for hydroxylation is 1. The highest BCUT2D eigenvalue weighted by molar-refractivity contribution is 5.68. The molecule has 2 aliphatic rings. The summed E-state index contributed by atoms with van der Waals surface area (Å²) in [7, 11) is 0. The van der Waals surface area contributed by atoms with Crippen LogP contribution in [-0.4, -0.2) is 12.3 Å². The summed E-state index contributed by atoms with van der Waals surface area (Å²) in [6.07, 6.45) is 0.791. The second-order valence-corrected chi connectivity index (χ2v) is 10.7. The molecule has 0 heterocycles. The van der Waals surface area contributed by atoms with Crippen LogP contribution < -0.4 is 4.74 Å². The van der Waals surface area contributed by atoms with E-state index in [1.807, 2.05) is 24.3 Å². The van der Waals surface area contributed by atoms with Crippen molar-refractivity contribution in [2.24, 2.45) is 0 Å². The maximum atomic E-state index is 13.1. The molecule has 0 saturated heterocycles. The Morgan fingerprint density at radius 3 is 1.97 bits per heavy atom. The van der Waals surface area contributed by atoms with Crippen molar-refractivity contribution in [3.05, 3.63) is 101 Å². The fourth-order valence-corrected chi connectivity index (χ4v) is 6.41. The minimum atomic E-state index is -0.647. The van der Waals surface area contributed by atoms with Crippen LogP contribution in [0.25, 0.3) is 0 Å². The Morgan fingerprint density at radius 2 is 1.36 bits per heavy atom. The van der Waals surface area contributed by atoms with Crippen LogP contribution in [0.4, 0.5) is 4.79 Å². The lowest BCUT2D eigenvalue weighted by atomic mass is 9.70. The van der Waals surface area contributed by atoms with Gasteiger partial charge in [0.25, 0.3) is 0 Å². The van der Waals surface area contributed by atoms with Crippen LogP contribution in [0, 0.1) is 0 Å². The van der Waals surface area contributed by atoms with Crippen LogP contribution in [0.15, 0.2) is 72.8 Å². The van der Waals surface area contributed by atoms with Gasteiger partial charge in [-0.25, -0.2) is 4.79 Å². The number of carbonyl (C=O) groups excluding carboxylic acids is 1. The van der Waals surface area contributed by atoms with Crippen LogP contribution in [0.1, 0.15) is 68.9 Å². The number of hydrogen-bond acceptors (Lipinski definition) is 3. The van der Waals surface area contributed by atoms with Crippen LogP contribution in [0.3, 0.4) is 0 Å². The Kier molecular flexibility index (Phi) is 4.93. The third kappa shape index (κ3) is 3.20. The van der Waals surface area contributed by atoms with Gasteiger partial charge in [0.1, 0.15) is 11.9 Å². The molecule has 2 unspecified atom stereocenters. The van der Waals surface area contributed by atoms with Crippen molar-refractivity contribution in [1.29, 1.82) is 0 Å². The quantitative estimate of drug-likeness (QED) is 0.322. The average Bonchev–Trinajstić information content (AvgIpc) is 3.15. The lowest BCUT2D eigenvalue weighted by molar-refractivity contribution is -0.000458. The molecule has 0 fully saturated rings. The van der Waals surface area contributed by atoms with Crippen LogP contribution in [-0.2, 0) is 27.4 Å². The molecular weight excluding hydrogens is 408 g/mol. The Bertz CT molecular complexity index is 1190. The molecule has 0 radical (unpaired) electrons. The first-order valence-electron chi connectivity index (χ1n) is 11.9. The first kappa shape index (κ1) is 21.8. The van der Waals surface area contributed by atoms with Gasteiger partial charge < -0.3 is 9.47 Å². The van der Waals surface area contributed by atoms with E-state index >= 15 is 0 Å². The molecule has 2 aliphatic carbocycles. The molecule has 33 heavy (non-hydrogen) atoms. The topological polar surface area (TPSA) is 35.5 Å². The summed E-state index contributed by atoms with van der Waals surface area (Å²) in [6.45, 7) is 11.0. The van der Waals surface area contributed by atoms with Crippen molar-refractivity contribution < 1.29 is 14.3 Å². The molecule has 0 N–H and O–H groups in total. The SMILES string of the molecule is CCc1ccc(OC(=O)OC2C(C)(C)c3ccccc3C23CC(C)(C)c2ccccc23)cc1. The van der Waals surface area contributed by atoms with E-state index in [0.717, 1.165) is 12.8 Å². The summed E-state index contributed by atoms with van der Waals surface area (Å²) >= 11 is 0. The first-order valence-corrected chi connectivity index (χ1v) is 11.9. The van der Waals surface area contributed by atoms with E-state index in [9.17, 15) is 4.79 Å². The monoisotopic (exact) mass is 440 g/mol. The molecule has 3 nitrogen and oxygen atoms in total. The molecular formula is C30H32O3. The van der Waals surface area contributed by atoms with Gasteiger partial charge in [-0.3, -0.25) is 0 Å². The first-order chi connectivity index (χ1) is 15.7. The van der Waals surface area contributed by atoms with E-state index in [0.29, 0.717) is 5.75 Å². The van der Waals surface area contributed by atoms with Crippen molar-refractivity contribution in [2.75, 3.05) is 0 Å². The smallest absolute Gasteiger partial charge is 0.428 e. The summed E-state index contributed by atoms with van der Waals surface area (Å²) in [5.41, 5.74) is 5.48. The third-order valence-corrected chi connectivity index (χ3v) is 7.81. The van der Waals surface area contributed by atoms with Gasteiger partial charge >= 0.3 is 6.16 Å². The van der Waals surface area contributed by atoms with Crippen molar-refractivity contribution in [1.82, 2.24) is 0 Å². The Morgan fingerprint density at radius 1 is 0.818 bits per heavy atom. The fraction of sp³-hybridized carbons (Fsp3) is 0.367. The second kappa shape index (κ2) is 7.48. The molecule has 0 aromatic heterocycles. The highest BCUT2D eigenvalue weighted by atomic mass is 16.7. The zero-order valence-electron chi connectivity index (χ0n) is 20.1. The van der Waals surface area contributed by atoms with Gasteiger partial charge in [0.2, 0.25) is 0 Å². The van der Waals surface area contributed by atoms with Gasteiger partial charge in [-0.2, -0.15) is 0 Å². The van der Waals surface area contributed by atoms with E-state index in [1.165, 1.54) is 27.8 Å². The maximum absolute atomic E-state index is 13.1. The molecule has 2 atom stereocenters. The van der Waals surface area contributed by atoms with Crippen LogP contribution in [0.2, 0.25) is 0 Å². The number of hydrogen-bond donors (Lipinski definition) is 0. The molecule has 0 bridgehead atoms. The standard InChI is InChI=1S/C30H32O3/c1-6-20-15-17-21(18-16-20)32-27(31)33-26-29(4,5)23-12-8-10-14-25(23)30(26)19-28(2,3)22-11-7-9-13-24(22)30/h7-18,26H,6,19H2,1-5H3. The van der Waals surface area contributed by atoms with Crippen LogP contribution in [0.5, 0.6) is 5.75 Å². The highest BCUT2D eigenvalue weighted by Gasteiger charge is 2.64. The predicted octanol–water partition coefficient (Wildman–Crippen LogP) is 7.09. The molecule has 0 aliphatic heterocycles. The van der Waals surface area contributed by atoms with Gasteiger partial charge in [0.05, 0.1) is 5.41 Å². The van der Waals surface area contributed by atoms with E-state index in [-0.39, 0.29) is 16.9 Å². The largest absolute Gasteiger partial charge is 0.514 e. The summed E-state index contributed by atoms with van der Waals surface area (Å²) in [4.78, 5) is 13.1. The molecule has 0 amide bonds. The van der Waals surface area contributed by atoms with Gasteiger partial charge in [-0.05, 0) is 58.2 Å². The Hall–Kier alpha value is -3.07. The van der Waals surface area contributed by atoms with E-state index in [4.69, 9.17) is 9.47 Å². The Balaban J connectivity index is 1.58. The van der Waals surface area contributed by atoms with E-state index < -0.39 is 11.6 Å². The van der Waals surface area contributed by atoms with Gasteiger partial charge in [0.15, 0.2) is 0 Å². The molecule has 3 aromatic rings. The zero-order valence-corrected chi connectivity index (χ0v) is 20.1. The second-order valence-electron chi connectivity index (χ2n) is 10.7. The minimum Gasteiger partial charge on any atom is -0.428 e. The number of ether oxygens (including phenoxy) is 2. The lowest BCUT2D eigenvalue weighted by Crippen LogP contribution is -2.47. The molecule has 1 spiro atoms. The highest BCUT2D eigenvalue weighted by Crippen LogP contribution is 2.63. The molecule has 0 saturated carbocycles. The predicted molar refractivity (Wildman–Crippen MR) is 131 cm³/mol. The van der Waals surface area contributed by atoms with E-state index in [2.05, 4.69) is 83.1 Å². The molecule has 3 aromatic carbocycles. The zero-order chi connectivity index (χ0) is 23.4. The maximum Gasteiger partial charge on any atom is 0.514 e. The molecule has 170 valence electrons. The lowest BCUT2D eigenvalue weighted by Gasteiger charge is -2.38. The van der Waals surface area contributed by atoms with Gasteiger partial charge in [0, 0.05) is 5.41 Å². The van der Waals surface area contributed by atoms with Crippen molar-refractivity contribution in [3.8, 4) is 5.75 Å². The van der Waals surface area contributed by atoms with Crippen molar-refractivity contribution >= 4 is 6.16 Å². The molecule has 3 heteroatoms. The summed E-state index contributed by atoms with van der Waals surface area (Å²) in [5.74, 6) is 0.506. The average molecular weight is 441 g/mol. The third-order valence-electron chi connectivity index (χ3n) is 7.81.